The fourth-order valence-electron chi connectivity index (χ4n) is 1.95. The van der Waals surface area contributed by atoms with Gasteiger partial charge in [0.05, 0.1) is 12.8 Å². The summed E-state index contributed by atoms with van der Waals surface area (Å²) in [5, 5.41) is 8.76. The van der Waals surface area contributed by atoms with Crippen LogP contribution in [-0.2, 0) is 9.59 Å². The van der Waals surface area contributed by atoms with E-state index in [9.17, 15) is 9.59 Å². The van der Waals surface area contributed by atoms with E-state index in [1.54, 1.807) is 0 Å². The van der Waals surface area contributed by atoms with Gasteiger partial charge in [-0.05, 0) is 37.5 Å². The molecule has 0 heterocycles. The summed E-state index contributed by atoms with van der Waals surface area (Å²) in [6.45, 7) is 5.62. The van der Waals surface area contributed by atoms with E-state index in [0.717, 1.165) is 21.6 Å². The molecule has 0 unspecified atom stereocenters. The zero-order valence-corrected chi connectivity index (χ0v) is 11.2. The first-order valence-electron chi connectivity index (χ1n) is 5.47. The molecule has 0 radical (unpaired) electrons. The van der Waals surface area contributed by atoms with Crippen LogP contribution >= 0.6 is 0 Å². The molecule has 5 heteroatoms. The number of benzene rings is 1. The molecule has 0 bridgehead atoms. The van der Waals surface area contributed by atoms with Gasteiger partial charge in [-0.3, -0.25) is 4.79 Å². The van der Waals surface area contributed by atoms with Crippen molar-refractivity contribution in [3.63, 3.8) is 0 Å². The number of rotatable bonds is 2. The van der Waals surface area contributed by atoms with Crippen molar-refractivity contribution in [2.75, 3.05) is 19.1 Å². The number of amides is 1. The van der Waals surface area contributed by atoms with Crippen molar-refractivity contribution in [3.05, 3.63) is 22.8 Å². The highest BCUT2D eigenvalue weighted by Gasteiger charge is 2.24. The SMILES string of the molecule is COc1c(C)c(C)cc(C)c1N(C)C(=O)C(=O)O. The lowest BCUT2D eigenvalue weighted by atomic mass is 10.0. The summed E-state index contributed by atoms with van der Waals surface area (Å²) in [6.07, 6.45) is 0. The second kappa shape index (κ2) is 5.08. The maximum absolute atomic E-state index is 11.5. The molecule has 1 aromatic carbocycles. The number of carbonyl (C=O) groups excluding carboxylic acids is 1. The molecule has 0 aliphatic heterocycles. The van der Waals surface area contributed by atoms with Gasteiger partial charge < -0.3 is 14.7 Å². The largest absolute Gasteiger partial charge is 0.494 e. The van der Waals surface area contributed by atoms with E-state index < -0.39 is 11.9 Å². The minimum absolute atomic E-state index is 0.494. The molecule has 0 aliphatic carbocycles. The molecule has 1 N–H and O–H groups in total. The number of ether oxygens (including phenoxy) is 1. The molecule has 0 spiro atoms. The summed E-state index contributed by atoms with van der Waals surface area (Å²) in [5.74, 6) is -1.94. The van der Waals surface area contributed by atoms with Crippen molar-refractivity contribution in [3.8, 4) is 5.75 Å². The third-order valence-corrected chi connectivity index (χ3v) is 2.98. The van der Waals surface area contributed by atoms with Gasteiger partial charge in [-0.2, -0.15) is 0 Å². The minimum atomic E-state index is -1.49. The zero-order valence-electron chi connectivity index (χ0n) is 11.2. The van der Waals surface area contributed by atoms with Crippen molar-refractivity contribution < 1.29 is 19.4 Å². The maximum atomic E-state index is 11.5. The van der Waals surface area contributed by atoms with Crippen molar-refractivity contribution in [1.82, 2.24) is 0 Å². The number of aliphatic carboxylic acids is 1. The summed E-state index contributed by atoms with van der Waals surface area (Å²) in [4.78, 5) is 23.4. The Kier molecular flexibility index (Phi) is 3.96. The third-order valence-electron chi connectivity index (χ3n) is 2.98. The second-order valence-corrected chi connectivity index (χ2v) is 4.19. The van der Waals surface area contributed by atoms with Crippen LogP contribution in [0.3, 0.4) is 0 Å². The highest BCUT2D eigenvalue weighted by molar-refractivity contribution is 6.37. The van der Waals surface area contributed by atoms with E-state index in [2.05, 4.69) is 0 Å². The predicted molar refractivity (Wildman–Crippen MR) is 68.3 cm³/mol. The molecule has 0 fully saturated rings. The molecular weight excluding hydrogens is 234 g/mol. The first-order valence-corrected chi connectivity index (χ1v) is 5.47. The van der Waals surface area contributed by atoms with Crippen molar-refractivity contribution in [2.24, 2.45) is 0 Å². The van der Waals surface area contributed by atoms with Gasteiger partial charge in [-0.15, -0.1) is 0 Å². The van der Waals surface area contributed by atoms with Gasteiger partial charge in [0.1, 0.15) is 5.75 Å². The van der Waals surface area contributed by atoms with Crippen LogP contribution in [0.15, 0.2) is 6.07 Å². The van der Waals surface area contributed by atoms with E-state index in [1.165, 1.54) is 14.2 Å². The second-order valence-electron chi connectivity index (χ2n) is 4.19. The Morgan fingerprint density at radius 3 is 2.22 bits per heavy atom. The number of hydrogen-bond acceptors (Lipinski definition) is 3. The zero-order chi connectivity index (χ0) is 14.0. The number of hydrogen-bond donors (Lipinski definition) is 1. The molecular formula is C13H17NO4. The fourth-order valence-corrected chi connectivity index (χ4v) is 1.95. The van der Waals surface area contributed by atoms with Gasteiger partial charge >= 0.3 is 11.9 Å². The van der Waals surface area contributed by atoms with Crippen molar-refractivity contribution in [2.45, 2.75) is 20.8 Å². The lowest BCUT2D eigenvalue weighted by Crippen LogP contribution is -2.33. The molecule has 1 amide bonds. The number of likely N-dealkylation sites (N-methyl/N-ethyl adjacent to an activating group) is 1. The van der Waals surface area contributed by atoms with Crippen LogP contribution in [0.1, 0.15) is 16.7 Å². The van der Waals surface area contributed by atoms with Crippen LogP contribution in [0.25, 0.3) is 0 Å². The van der Waals surface area contributed by atoms with Crippen LogP contribution in [0, 0.1) is 20.8 Å². The highest BCUT2D eigenvalue weighted by Crippen LogP contribution is 2.36. The first kappa shape index (κ1) is 14.0. The Bertz CT molecular complexity index is 508. The van der Waals surface area contributed by atoms with Gasteiger partial charge in [-0.25, -0.2) is 4.79 Å². The Morgan fingerprint density at radius 2 is 1.78 bits per heavy atom. The van der Waals surface area contributed by atoms with E-state index in [-0.39, 0.29) is 0 Å². The molecule has 0 atom stereocenters. The Hall–Kier alpha value is -2.04. The molecule has 0 saturated heterocycles. The quantitative estimate of drug-likeness (QED) is 0.812. The average molecular weight is 251 g/mol. The maximum Gasteiger partial charge on any atom is 0.394 e. The van der Waals surface area contributed by atoms with E-state index >= 15 is 0 Å². The number of carboxylic acids is 1. The van der Waals surface area contributed by atoms with Gasteiger partial charge in [0.2, 0.25) is 0 Å². The summed E-state index contributed by atoms with van der Waals surface area (Å²) in [7, 11) is 2.93. The van der Waals surface area contributed by atoms with E-state index in [1.807, 2.05) is 26.8 Å². The van der Waals surface area contributed by atoms with Crippen molar-refractivity contribution >= 4 is 17.6 Å². The van der Waals surface area contributed by atoms with Crippen LogP contribution < -0.4 is 9.64 Å². The number of nitrogens with zero attached hydrogens (tertiary/aromatic N) is 1. The lowest BCUT2D eigenvalue weighted by Gasteiger charge is -2.23. The predicted octanol–water partition coefficient (Wildman–Crippen LogP) is 1.67. The van der Waals surface area contributed by atoms with Gasteiger partial charge in [0.15, 0.2) is 0 Å². The third kappa shape index (κ3) is 2.30. The average Bonchev–Trinajstić information content (AvgIpc) is 2.31. The summed E-state index contributed by atoms with van der Waals surface area (Å²) in [5.41, 5.74) is 3.22. The molecule has 0 aromatic heterocycles. The number of anilines is 1. The molecule has 5 nitrogen and oxygen atoms in total. The van der Waals surface area contributed by atoms with Crippen LogP contribution in [0.5, 0.6) is 5.75 Å². The van der Waals surface area contributed by atoms with E-state index in [0.29, 0.717) is 11.4 Å². The van der Waals surface area contributed by atoms with E-state index in [4.69, 9.17) is 9.84 Å². The first-order chi connectivity index (χ1) is 8.31. The van der Waals surface area contributed by atoms with Crippen LogP contribution in [0.2, 0.25) is 0 Å². The number of carbonyl (C=O) groups is 2. The number of carboxylic acid groups (broad SMARTS) is 1. The van der Waals surface area contributed by atoms with Crippen LogP contribution in [0.4, 0.5) is 5.69 Å². The van der Waals surface area contributed by atoms with Crippen molar-refractivity contribution in [1.29, 1.82) is 0 Å². The summed E-state index contributed by atoms with van der Waals surface area (Å²) >= 11 is 0. The molecule has 98 valence electrons. The number of aryl methyl sites for hydroxylation is 2. The topological polar surface area (TPSA) is 66.8 Å². The minimum Gasteiger partial charge on any atom is -0.494 e. The van der Waals surface area contributed by atoms with Gasteiger partial charge in [-0.1, -0.05) is 6.07 Å². The van der Waals surface area contributed by atoms with Crippen LogP contribution in [-0.4, -0.2) is 31.1 Å². The number of methoxy groups -OCH3 is 1. The molecule has 0 aliphatic rings. The summed E-state index contributed by atoms with van der Waals surface area (Å²) < 4.78 is 5.30. The highest BCUT2D eigenvalue weighted by atomic mass is 16.5. The lowest BCUT2D eigenvalue weighted by molar-refractivity contribution is -0.148. The molecule has 1 rings (SSSR count). The molecule has 0 saturated carbocycles. The van der Waals surface area contributed by atoms with Gasteiger partial charge in [0, 0.05) is 7.05 Å². The summed E-state index contributed by atoms with van der Waals surface area (Å²) in [6, 6.07) is 1.90. The fraction of sp³-hybridized carbons (Fsp3) is 0.385. The Labute approximate surface area is 106 Å². The Morgan fingerprint density at radius 1 is 1.22 bits per heavy atom. The normalized spacial score (nSPS) is 10.1. The van der Waals surface area contributed by atoms with Gasteiger partial charge in [0.25, 0.3) is 0 Å². The molecule has 18 heavy (non-hydrogen) atoms. The smallest absolute Gasteiger partial charge is 0.394 e. The Balaban J connectivity index is 3.44. The monoisotopic (exact) mass is 251 g/mol. The standard InChI is InChI=1S/C13H17NO4/c1-7-6-8(2)10(11(18-5)9(7)3)14(4)12(15)13(16)17/h6H,1-5H3,(H,16,17). The molecule has 1 aromatic rings.